The van der Waals surface area contributed by atoms with Gasteiger partial charge in [0.05, 0.1) is 0 Å². The first-order valence-corrected chi connectivity index (χ1v) is 14.2. The Balaban J connectivity index is 1.45. The minimum absolute atomic E-state index is 0.0776. The van der Waals surface area contributed by atoms with E-state index in [0.29, 0.717) is 48.8 Å². The second-order valence-electron chi connectivity index (χ2n) is 12.6. The molecule has 9 heteroatoms. The fourth-order valence-electron chi connectivity index (χ4n) is 6.31. The Bertz CT molecular complexity index is 1350. The average Bonchev–Trinajstić information content (AvgIpc) is 3.43. The van der Waals surface area contributed by atoms with Gasteiger partial charge in [0.2, 0.25) is 11.7 Å². The number of piperidine rings is 1. The zero-order valence-electron chi connectivity index (χ0n) is 24.4. The van der Waals surface area contributed by atoms with E-state index < -0.39 is 16.6 Å². The topological polar surface area (TPSA) is 116 Å². The Labute approximate surface area is 236 Å². The number of carbonyl (C=O) groups excluding carboxylic acids is 1. The zero-order chi connectivity index (χ0) is 28.9. The highest BCUT2D eigenvalue weighted by Gasteiger charge is 2.55. The molecule has 0 unspecified atom stereocenters. The van der Waals surface area contributed by atoms with Gasteiger partial charge in [-0.25, -0.2) is 0 Å². The number of hydrogen-bond donors (Lipinski definition) is 2. The maximum Gasteiger partial charge on any atom is 0.259 e. The van der Waals surface area contributed by atoms with Crippen molar-refractivity contribution in [2.75, 3.05) is 33.2 Å². The van der Waals surface area contributed by atoms with Crippen LogP contribution in [0.2, 0.25) is 0 Å². The maximum absolute atomic E-state index is 12.5. The number of hydrogen-bond acceptors (Lipinski definition) is 8. The largest absolute Gasteiger partial charge is 0.380 e. The molecule has 9 nitrogen and oxygen atoms in total. The number of rotatable bonds is 7. The van der Waals surface area contributed by atoms with Gasteiger partial charge in [0.15, 0.2) is 0 Å². The second-order valence-corrected chi connectivity index (χ2v) is 12.6. The van der Waals surface area contributed by atoms with Gasteiger partial charge in [-0.1, -0.05) is 64.0 Å². The summed E-state index contributed by atoms with van der Waals surface area (Å²) in [5, 5.41) is 28.0. The predicted octanol–water partition coefficient (Wildman–Crippen LogP) is 3.91. The summed E-state index contributed by atoms with van der Waals surface area (Å²) >= 11 is 0. The smallest absolute Gasteiger partial charge is 0.259 e. The second kappa shape index (κ2) is 10.4. The van der Waals surface area contributed by atoms with Crippen molar-refractivity contribution in [3.8, 4) is 11.4 Å². The van der Waals surface area contributed by atoms with Crippen molar-refractivity contribution in [1.29, 1.82) is 0 Å². The summed E-state index contributed by atoms with van der Waals surface area (Å²) in [6, 6.07) is 10.1. The van der Waals surface area contributed by atoms with Crippen LogP contribution in [0.25, 0.3) is 11.4 Å². The van der Waals surface area contributed by atoms with Crippen molar-refractivity contribution in [2.45, 2.75) is 64.6 Å². The molecule has 2 aliphatic heterocycles. The van der Waals surface area contributed by atoms with Gasteiger partial charge < -0.3 is 24.5 Å². The van der Waals surface area contributed by atoms with E-state index in [4.69, 9.17) is 4.52 Å². The normalized spacial score (nSPS) is 20.4. The maximum atomic E-state index is 12.5. The van der Waals surface area contributed by atoms with E-state index in [1.54, 1.807) is 17.3 Å². The Morgan fingerprint density at radius 1 is 1.05 bits per heavy atom. The van der Waals surface area contributed by atoms with E-state index in [1.807, 2.05) is 39.1 Å². The van der Waals surface area contributed by atoms with Crippen LogP contribution in [-0.2, 0) is 16.0 Å². The molecular weight excluding hydrogens is 506 g/mol. The molecular formula is C31H41N5O4. The molecule has 0 radical (unpaired) electrons. The lowest BCUT2D eigenvalue weighted by Crippen LogP contribution is -2.63. The minimum atomic E-state index is -1.30. The number of aromatic nitrogens is 3. The van der Waals surface area contributed by atoms with Crippen molar-refractivity contribution >= 4 is 5.91 Å². The van der Waals surface area contributed by atoms with E-state index in [1.165, 1.54) is 5.56 Å². The summed E-state index contributed by atoms with van der Waals surface area (Å²) in [6.45, 7) is 12.5. The molecule has 0 saturated carbocycles. The Morgan fingerprint density at radius 3 is 2.27 bits per heavy atom. The van der Waals surface area contributed by atoms with Crippen molar-refractivity contribution in [3.05, 3.63) is 65.3 Å². The monoisotopic (exact) mass is 547 g/mol. The molecule has 2 fully saturated rings. The summed E-state index contributed by atoms with van der Waals surface area (Å²) in [5.74, 6) is 0.815. The van der Waals surface area contributed by atoms with Crippen LogP contribution in [0.5, 0.6) is 0 Å². The summed E-state index contributed by atoms with van der Waals surface area (Å²) in [7, 11) is 2.05. The number of nitrogens with zero attached hydrogens (tertiary/aromatic N) is 5. The van der Waals surface area contributed by atoms with Crippen LogP contribution in [0.3, 0.4) is 0 Å². The highest BCUT2D eigenvalue weighted by Crippen LogP contribution is 2.50. The molecule has 1 atom stereocenters. The first kappa shape index (κ1) is 28.4. The Kier molecular flexibility index (Phi) is 7.35. The quantitative estimate of drug-likeness (QED) is 0.458. The lowest BCUT2D eigenvalue weighted by Gasteiger charge is -2.55. The molecule has 2 aliphatic rings. The van der Waals surface area contributed by atoms with Gasteiger partial charge in [-0.3, -0.25) is 9.78 Å². The molecule has 2 aromatic heterocycles. The molecule has 214 valence electrons. The molecule has 3 aromatic rings. The number of carbonyl (C=O) groups is 1. The molecule has 0 bridgehead atoms. The fraction of sp³-hybridized carbons (Fsp3) is 0.548. The summed E-state index contributed by atoms with van der Waals surface area (Å²) in [6.07, 6.45) is 4.00. The number of benzene rings is 1. The van der Waals surface area contributed by atoms with Crippen LogP contribution in [0.15, 0.2) is 47.2 Å². The van der Waals surface area contributed by atoms with Crippen LogP contribution in [0.4, 0.5) is 0 Å². The summed E-state index contributed by atoms with van der Waals surface area (Å²) in [4.78, 5) is 25.4. The minimum Gasteiger partial charge on any atom is -0.380 e. The van der Waals surface area contributed by atoms with Crippen LogP contribution in [0.1, 0.15) is 76.0 Å². The molecule has 40 heavy (non-hydrogen) atoms. The molecule has 4 heterocycles. The van der Waals surface area contributed by atoms with Crippen LogP contribution >= 0.6 is 0 Å². The van der Waals surface area contributed by atoms with E-state index in [0.717, 1.165) is 18.7 Å². The number of likely N-dealkylation sites (tertiary alicyclic amines) is 2. The molecule has 0 aliphatic carbocycles. The van der Waals surface area contributed by atoms with Crippen molar-refractivity contribution in [1.82, 2.24) is 24.9 Å². The lowest BCUT2D eigenvalue weighted by molar-refractivity contribution is -0.140. The third-order valence-corrected chi connectivity index (χ3v) is 8.74. The van der Waals surface area contributed by atoms with Gasteiger partial charge in [-0.2, -0.15) is 4.98 Å². The number of aliphatic hydroxyl groups is 2. The van der Waals surface area contributed by atoms with E-state index in [-0.39, 0.29) is 17.7 Å². The zero-order valence-corrected chi connectivity index (χ0v) is 24.4. The molecule has 1 amide bonds. The third kappa shape index (κ3) is 4.84. The van der Waals surface area contributed by atoms with E-state index in [9.17, 15) is 15.0 Å². The van der Waals surface area contributed by atoms with Crippen LogP contribution in [0, 0.1) is 11.3 Å². The standard InChI is InChI=1S/C31H41N5O4/c1-20(2)22-7-9-24(10-8-22)31(39,29(5)18-35(6)19-29)25-15-23(16-32-17-25)26-33-28(40-34-26)30(38)11-13-36(14-12-30)27(37)21(3)4/h7-10,15-17,20-21,38-39H,11-14,18-19H2,1-6H3/t31-/m0/s1. The first-order chi connectivity index (χ1) is 18.9. The van der Waals surface area contributed by atoms with Crippen molar-refractivity contribution < 1.29 is 19.5 Å². The number of pyridine rings is 1. The summed E-state index contributed by atoms with van der Waals surface area (Å²) < 4.78 is 5.55. The van der Waals surface area contributed by atoms with Crippen LogP contribution in [-0.4, -0.2) is 74.3 Å². The number of amides is 1. The third-order valence-electron chi connectivity index (χ3n) is 8.74. The average molecular weight is 548 g/mol. The molecule has 2 saturated heterocycles. The van der Waals surface area contributed by atoms with Gasteiger partial charge in [0.25, 0.3) is 5.89 Å². The highest BCUT2D eigenvalue weighted by atomic mass is 16.5. The van der Waals surface area contributed by atoms with Gasteiger partial charge in [0.1, 0.15) is 11.2 Å². The van der Waals surface area contributed by atoms with Crippen LogP contribution < -0.4 is 0 Å². The molecule has 2 N–H and O–H groups in total. The summed E-state index contributed by atoms with van der Waals surface area (Å²) in [5.41, 5.74) is 0.259. The van der Waals surface area contributed by atoms with Gasteiger partial charge in [0, 0.05) is 73.9 Å². The van der Waals surface area contributed by atoms with Gasteiger partial charge in [-0.05, 0) is 30.2 Å². The highest BCUT2D eigenvalue weighted by molar-refractivity contribution is 5.78. The SMILES string of the molecule is CC(C)C(=O)N1CCC(O)(c2nc(-c3cncc([C@@](O)(c4ccc(C(C)C)cc4)C4(C)CN(C)C4)c3)no2)CC1. The fourth-order valence-corrected chi connectivity index (χ4v) is 6.31. The van der Waals surface area contributed by atoms with E-state index in [2.05, 4.69) is 52.9 Å². The molecule has 5 rings (SSSR count). The Hall–Kier alpha value is -3.14. The Morgan fingerprint density at radius 2 is 1.70 bits per heavy atom. The van der Waals surface area contributed by atoms with Crippen molar-refractivity contribution in [2.24, 2.45) is 11.3 Å². The molecule has 1 aromatic carbocycles. The predicted molar refractivity (Wildman–Crippen MR) is 151 cm³/mol. The van der Waals surface area contributed by atoms with Gasteiger partial charge >= 0.3 is 0 Å². The molecule has 0 spiro atoms. The van der Waals surface area contributed by atoms with E-state index >= 15 is 0 Å². The van der Waals surface area contributed by atoms with Crippen molar-refractivity contribution in [3.63, 3.8) is 0 Å². The van der Waals surface area contributed by atoms with Gasteiger partial charge in [-0.15, -0.1) is 0 Å². The lowest BCUT2D eigenvalue weighted by atomic mass is 9.62. The first-order valence-electron chi connectivity index (χ1n) is 14.2.